The summed E-state index contributed by atoms with van der Waals surface area (Å²) in [5, 5.41) is 6.08. The van der Waals surface area contributed by atoms with Gasteiger partial charge < -0.3 is 20.4 Å². The van der Waals surface area contributed by atoms with Gasteiger partial charge in [-0.25, -0.2) is 4.79 Å². The minimum Gasteiger partial charge on any atom is -0.348 e. The van der Waals surface area contributed by atoms with E-state index < -0.39 is 5.41 Å². The molecule has 1 saturated heterocycles. The number of carbonyl (C=O) groups excluding carboxylic acids is 2. The summed E-state index contributed by atoms with van der Waals surface area (Å²) in [6.07, 6.45) is 7.67. The van der Waals surface area contributed by atoms with Crippen LogP contribution in [0.5, 0.6) is 0 Å². The van der Waals surface area contributed by atoms with Crippen LogP contribution in [0.15, 0.2) is 0 Å². The van der Waals surface area contributed by atoms with Gasteiger partial charge in [-0.05, 0) is 38.0 Å². The second-order valence-electron chi connectivity index (χ2n) is 8.20. The maximum atomic E-state index is 12.5. The average Bonchev–Trinajstić information content (AvgIpc) is 3.05. The molecule has 0 radical (unpaired) electrons. The third-order valence-corrected chi connectivity index (χ3v) is 5.83. The predicted octanol–water partition coefficient (Wildman–Crippen LogP) is 1.42. The molecule has 1 atom stereocenters. The Bertz CT molecular complexity index is 470. The molecule has 3 aliphatic rings. The second-order valence-corrected chi connectivity index (χ2v) is 8.20. The molecule has 0 aromatic rings. The van der Waals surface area contributed by atoms with E-state index in [0.29, 0.717) is 6.54 Å². The summed E-state index contributed by atoms with van der Waals surface area (Å²) < 4.78 is 0. The molecule has 2 aliphatic carbocycles. The highest BCUT2D eigenvalue weighted by Crippen LogP contribution is 2.38. The molecule has 2 saturated carbocycles. The van der Waals surface area contributed by atoms with Crippen LogP contribution in [0, 0.1) is 11.3 Å². The van der Waals surface area contributed by atoms with Gasteiger partial charge in [-0.2, -0.15) is 0 Å². The highest BCUT2D eigenvalue weighted by atomic mass is 16.2. The Morgan fingerprint density at radius 2 is 1.88 bits per heavy atom. The summed E-state index contributed by atoms with van der Waals surface area (Å²) in [7, 11) is 3.60. The second kappa shape index (κ2) is 7.30. The van der Waals surface area contributed by atoms with Crippen molar-refractivity contribution in [3.63, 3.8) is 0 Å². The third kappa shape index (κ3) is 4.21. The number of amides is 3. The zero-order valence-electron chi connectivity index (χ0n) is 15.1. The van der Waals surface area contributed by atoms with Crippen LogP contribution in [-0.2, 0) is 4.79 Å². The number of rotatable bonds is 6. The molecule has 0 aromatic heterocycles. The van der Waals surface area contributed by atoms with E-state index in [9.17, 15) is 9.59 Å². The van der Waals surface area contributed by atoms with Gasteiger partial charge in [0.15, 0.2) is 0 Å². The molecule has 24 heavy (non-hydrogen) atoms. The third-order valence-electron chi connectivity index (χ3n) is 5.83. The van der Waals surface area contributed by atoms with Gasteiger partial charge >= 0.3 is 6.03 Å². The van der Waals surface area contributed by atoms with E-state index in [1.54, 1.807) is 19.0 Å². The Morgan fingerprint density at radius 3 is 2.50 bits per heavy atom. The number of carbonyl (C=O) groups is 2. The SMILES string of the molecule is CN(C)C(=O)C1(CNC(=O)N[C@@H]2CCN(CC3CC3)C2)CCCC1. The van der Waals surface area contributed by atoms with Crippen molar-refractivity contribution in [2.24, 2.45) is 11.3 Å². The van der Waals surface area contributed by atoms with Crippen LogP contribution in [0.1, 0.15) is 44.9 Å². The Morgan fingerprint density at radius 1 is 1.17 bits per heavy atom. The summed E-state index contributed by atoms with van der Waals surface area (Å²) in [6, 6.07) is 0.124. The van der Waals surface area contributed by atoms with Crippen molar-refractivity contribution in [1.29, 1.82) is 0 Å². The fraction of sp³-hybridized carbons (Fsp3) is 0.889. The van der Waals surface area contributed by atoms with Gasteiger partial charge in [-0.3, -0.25) is 4.79 Å². The van der Waals surface area contributed by atoms with Crippen LogP contribution >= 0.6 is 0 Å². The minimum absolute atomic E-state index is 0.119. The summed E-state index contributed by atoms with van der Waals surface area (Å²) in [4.78, 5) is 28.9. The first kappa shape index (κ1) is 17.5. The summed E-state index contributed by atoms with van der Waals surface area (Å²) in [6.45, 7) is 3.70. The van der Waals surface area contributed by atoms with Crippen molar-refractivity contribution in [2.45, 2.75) is 51.0 Å². The molecule has 3 rings (SSSR count). The molecule has 3 fully saturated rings. The Balaban J connectivity index is 1.43. The quantitative estimate of drug-likeness (QED) is 0.771. The van der Waals surface area contributed by atoms with Crippen LogP contribution in [-0.4, -0.2) is 68.1 Å². The predicted molar refractivity (Wildman–Crippen MR) is 93.7 cm³/mol. The number of nitrogens with zero attached hydrogens (tertiary/aromatic N) is 2. The van der Waals surface area contributed by atoms with Gasteiger partial charge in [0.1, 0.15) is 0 Å². The van der Waals surface area contributed by atoms with Gasteiger partial charge in [0, 0.05) is 46.3 Å². The summed E-state index contributed by atoms with van der Waals surface area (Å²) in [5.41, 5.74) is -0.394. The fourth-order valence-corrected chi connectivity index (χ4v) is 4.26. The molecule has 6 heteroatoms. The molecule has 1 aliphatic heterocycles. The van der Waals surface area contributed by atoms with Gasteiger partial charge in [-0.15, -0.1) is 0 Å². The van der Waals surface area contributed by atoms with E-state index in [-0.39, 0.29) is 18.0 Å². The summed E-state index contributed by atoms with van der Waals surface area (Å²) in [5.74, 6) is 1.05. The molecule has 0 spiro atoms. The smallest absolute Gasteiger partial charge is 0.315 e. The normalized spacial score (nSPS) is 26.3. The van der Waals surface area contributed by atoms with E-state index in [0.717, 1.165) is 51.1 Å². The molecule has 1 heterocycles. The number of hydrogen-bond acceptors (Lipinski definition) is 3. The lowest BCUT2D eigenvalue weighted by molar-refractivity contribution is -0.138. The lowest BCUT2D eigenvalue weighted by Gasteiger charge is -2.31. The largest absolute Gasteiger partial charge is 0.348 e. The lowest BCUT2D eigenvalue weighted by atomic mass is 9.84. The first-order valence-electron chi connectivity index (χ1n) is 9.47. The zero-order chi connectivity index (χ0) is 17.2. The fourth-order valence-electron chi connectivity index (χ4n) is 4.26. The molecular formula is C18H32N4O2. The molecular weight excluding hydrogens is 304 g/mol. The number of urea groups is 1. The first-order chi connectivity index (χ1) is 11.5. The molecule has 0 bridgehead atoms. The van der Waals surface area contributed by atoms with Crippen molar-refractivity contribution >= 4 is 11.9 Å². The van der Waals surface area contributed by atoms with Gasteiger partial charge in [0.2, 0.25) is 5.91 Å². The topological polar surface area (TPSA) is 64.7 Å². The highest BCUT2D eigenvalue weighted by molar-refractivity contribution is 5.84. The standard InChI is InChI=1S/C18H32N4O2/c1-21(2)16(23)18(8-3-4-9-18)13-19-17(24)20-15-7-10-22(12-15)11-14-5-6-14/h14-15H,3-13H2,1-2H3,(H2,19,20,24)/t15-/m1/s1. The van der Waals surface area contributed by atoms with Crippen molar-refractivity contribution in [1.82, 2.24) is 20.4 Å². The van der Waals surface area contributed by atoms with Crippen LogP contribution in [0.3, 0.4) is 0 Å². The van der Waals surface area contributed by atoms with Crippen LogP contribution in [0.4, 0.5) is 4.79 Å². The Labute approximate surface area is 145 Å². The van der Waals surface area contributed by atoms with E-state index >= 15 is 0 Å². The number of nitrogens with one attached hydrogen (secondary N) is 2. The van der Waals surface area contributed by atoms with Crippen LogP contribution in [0.25, 0.3) is 0 Å². The first-order valence-corrected chi connectivity index (χ1v) is 9.47. The van der Waals surface area contributed by atoms with Gasteiger partial charge in [-0.1, -0.05) is 12.8 Å². The number of hydrogen-bond donors (Lipinski definition) is 2. The highest BCUT2D eigenvalue weighted by Gasteiger charge is 2.42. The van der Waals surface area contributed by atoms with E-state index in [1.165, 1.54) is 19.4 Å². The zero-order valence-corrected chi connectivity index (χ0v) is 15.1. The molecule has 2 N–H and O–H groups in total. The van der Waals surface area contributed by atoms with Crippen molar-refractivity contribution in [3.05, 3.63) is 0 Å². The molecule has 0 aromatic carbocycles. The van der Waals surface area contributed by atoms with Gasteiger partial charge in [0.25, 0.3) is 0 Å². The average molecular weight is 336 g/mol. The maximum absolute atomic E-state index is 12.5. The molecule has 0 unspecified atom stereocenters. The number of likely N-dealkylation sites (tertiary alicyclic amines) is 1. The van der Waals surface area contributed by atoms with E-state index in [2.05, 4.69) is 15.5 Å². The van der Waals surface area contributed by atoms with Crippen LogP contribution < -0.4 is 10.6 Å². The molecule has 136 valence electrons. The maximum Gasteiger partial charge on any atom is 0.315 e. The van der Waals surface area contributed by atoms with Crippen molar-refractivity contribution in [2.75, 3.05) is 40.3 Å². The van der Waals surface area contributed by atoms with E-state index in [4.69, 9.17) is 0 Å². The monoisotopic (exact) mass is 336 g/mol. The van der Waals surface area contributed by atoms with Crippen molar-refractivity contribution in [3.8, 4) is 0 Å². The van der Waals surface area contributed by atoms with Crippen LogP contribution in [0.2, 0.25) is 0 Å². The Hall–Kier alpha value is -1.30. The molecule has 3 amide bonds. The van der Waals surface area contributed by atoms with Crippen molar-refractivity contribution < 1.29 is 9.59 Å². The minimum atomic E-state index is -0.394. The molecule has 6 nitrogen and oxygen atoms in total. The Kier molecular flexibility index (Phi) is 5.33. The van der Waals surface area contributed by atoms with Gasteiger partial charge in [0.05, 0.1) is 5.41 Å². The summed E-state index contributed by atoms with van der Waals surface area (Å²) >= 11 is 0. The lowest BCUT2D eigenvalue weighted by Crippen LogP contribution is -2.50. The van der Waals surface area contributed by atoms with E-state index in [1.807, 2.05) is 0 Å².